The lowest BCUT2D eigenvalue weighted by Gasteiger charge is -2.32. The van der Waals surface area contributed by atoms with Gasteiger partial charge in [0, 0.05) is 38.0 Å². The fourth-order valence-electron chi connectivity index (χ4n) is 2.39. The summed E-state index contributed by atoms with van der Waals surface area (Å²) in [5.74, 6) is 0. The highest BCUT2D eigenvalue weighted by molar-refractivity contribution is 5.65. The first-order chi connectivity index (χ1) is 9.13. The molecule has 1 aromatic rings. The van der Waals surface area contributed by atoms with Crippen LogP contribution in [0.2, 0.25) is 0 Å². The smallest absolute Gasteiger partial charge is 0.269 e. The van der Waals surface area contributed by atoms with Crippen LogP contribution in [-0.4, -0.2) is 42.4 Å². The molecule has 0 bridgehead atoms. The summed E-state index contributed by atoms with van der Waals surface area (Å²) in [6.07, 6.45) is 2.84. The molecule has 0 radical (unpaired) electrons. The van der Waals surface area contributed by atoms with E-state index in [0.717, 1.165) is 37.9 Å². The van der Waals surface area contributed by atoms with Crippen LogP contribution in [0.25, 0.3) is 0 Å². The van der Waals surface area contributed by atoms with Crippen molar-refractivity contribution in [1.29, 1.82) is 0 Å². The topological polar surface area (TPSA) is 66.7 Å². The van der Waals surface area contributed by atoms with E-state index in [0.29, 0.717) is 0 Å². The van der Waals surface area contributed by atoms with E-state index in [1.54, 1.807) is 12.1 Å². The number of nitrogens with zero attached hydrogens (tertiary/aromatic N) is 3. The summed E-state index contributed by atoms with van der Waals surface area (Å²) in [5.41, 5.74) is 0.857. The molecule has 102 valence electrons. The number of hydrogen-bond acceptors (Lipinski definition) is 5. The Morgan fingerprint density at radius 1 is 1.32 bits per heavy atom. The summed E-state index contributed by atoms with van der Waals surface area (Å²) >= 11 is 0. The van der Waals surface area contributed by atoms with Gasteiger partial charge in [-0.2, -0.15) is 0 Å². The molecule has 1 aliphatic heterocycles. The van der Waals surface area contributed by atoms with Crippen molar-refractivity contribution in [2.45, 2.75) is 19.0 Å². The molecule has 1 atom stereocenters. The van der Waals surface area contributed by atoms with Crippen LogP contribution in [0.1, 0.15) is 12.8 Å². The Balaban J connectivity index is 2.14. The van der Waals surface area contributed by atoms with Gasteiger partial charge in [0.05, 0.1) is 4.92 Å². The number of rotatable bonds is 5. The molecule has 6 heteroatoms. The number of non-ortho nitro benzene ring substituents is 1. The molecule has 0 aromatic heterocycles. The van der Waals surface area contributed by atoms with Gasteiger partial charge in [-0.05, 0) is 25.0 Å². The van der Waals surface area contributed by atoms with Crippen molar-refractivity contribution in [3.8, 4) is 0 Å². The van der Waals surface area contributed by atoms with Gasteiger partial charge < -0.3 is 4.90 Å². The van der Waals surface area contributed by atoms with E-state index in [4.69, 9.17) is 0 Å². The normalized spacial score (nSPS) is 17.1. The average Bonchev–Trinajstić information content (AvgIpc) is 2.93. The molecular formula is C13H17N3O3. The number of hydrogen-bond donors (Lipinski definition) is 0. The third-order valence-electron chi connectivity index (χ3n) is 3.50. The molecule has 19 heavy (non-hydrogen) atoms. The maximum atomic E-state index is 11.3. The predicted octanol–water partition coefficient (Wildman–Crippen LogP) is 1.65. The minimum atomic E-state index is -0.429. The molecule has 0 aliphatic carbocycles. The second-order valence-electron chi connectivity index (χ2n) is 4.68. The Hall–Kier alpha value is -1.95. The molecule has 0 amide bonds. The van der Waals surface area contributed by atoms with Crippen LogP contribution in [-0.2, 0) is 4.79 Å². The fraction of sp³-hybridized carbons (Fsp3) is 0.462. The summed E-state index contributed by atoms with van der Waals surface area (Å²) in [6.45, 7) is 1.83. The third kappa shape index (κ3) is 2.90. The molecule has 6 nitrogen and oxygen atoms in total. The van der Waals surface area contributed by atoms with E-state index in [9.17, 15) is 14.9 Å². The first kappa shape index (κ1) is 13.5. The molecule has 1 saturated heterocycles. The minimum Gasteiger partial charge on any atom is -0.353 e. The van der Waals surface area contributed by atoms with Crippen molar-refractivity contribution >= 4 is 17.7 Å². The van der Waals surface area contributed by atoms with Crippen LogP contribution >= 0.6 is 0 Å². The Kier molecular flexibility index (Phi) is 4.11. The highest BCUT2D eigenvalue weighted by Crippen LogP contribution is 2.22. The zero-order chi connectivity index (χ0) is 13.8. The van der Waals surface area contributed by atoms with Gasteiger partial charge in [-0.1, -0.05) is 0 Å². The first-order valence-corrected chi connectivity index (χ1v) is 6.30. The van der Waals surface area contributed by atoms with Gasteiger partial charge in [0.15, 0.2) is 6.29 Å². The Morgan fingerprint density at radius 3 is 2.37 bits per heavy atom. The molecular weight excluding hydrogens is 246 g/mol. The maximum absolute atomic E-state index is 11.3. The summed E-state index contributed by atoms with van der Waals surface area (Å²) in [5, 5.41) is 10.6. The average molecular weight is 263 g/mol. The van der Waals surface area contributed by atoms with E-state index in [2.05, 4.69) is 4.90 Å². The lowest BCUT2D eigenvalue weighted by molar-refractivity contribution is -0.384. The van der Waals surface area contributed by atoms with Crippen molar-refractivity contribution in [2.24, 2.45) is 0 Å². The largest absolute Gasteiger partial charge is 0.353 e. The summed E-state index contributed by atoms with van der Waals surface area (Å²) < 4.78 is 0. The number of nitro groups is 1. The van der Waals surface area contributed by atoms with Crippen LogP contribution in [0.5, 0.6) is 0 Å². The SMILES string of the molecule is CN(c1ccc([N+](=O)[O-])cc1)C(C=O)N1CCCC1. The first-order valence-electron chi connectivity index (χ1n) is 6.30. The maximum Gasteiger partial charge on any atom is 0.269 e. The highest BCUT2D eigenvalue weighted by atomic mass is 16.6. The number of likely N-dealkylation sites (N-methyl/N-ethyl adjacent to an activating group) is 1. The minimum absolute atomic E-state index is 0.0565. The van der Waals surface area contributed by atoms with Gasteiger partial charge in [-0.25, -0.2) is 0 Å². The number of carbonyl (C=O) groups is 1. The van der Waals surface area contributed by atoms with Gasteiger partial charge in [-0.3, -0.25) is 19.8 Å². The third-order valence-corrected chi connectivity index (χ3v) is 3.50. The number of aldehydes is 1. The lowest BCUT2D eigenvalue weighted by atomic mass is 10.2. The second-order valence-corrected chi connectivity index (χ2v) is 4.68. The number of carbonyl (C=O) groups excluding carboxylic acids is 1. The van der Waals surface area contributed by atoms with Crippen molar-refractivity contribution in [2.75, 3.05) is 25.0 Å². The van der Waals surface area contributed by atoms with E-state index in [1.807, 2.05) is 11.9 Å². The monoisotopic (exact) mass is 263 g/mol. The quantitative estimate of drug-likeness (QED) is 0.459. The fourth-order valence-corrected chi connectivity index (χ4v) is 2.39. The van der Waals surface area contributed by atoms with Crippen LogP contribution in [0, 0.1) is 10.1 Å². The van der Waals surface area contributed by atoms with Crippen LogP contribution in [0.15, 0.2) is 24.3 Å². The van der Waals surface area contributed by atoms with Crippen molar-refractivity contribution < 1.29 is 9.72 Å². The standard InChI is InChI=1S/C13H17N3O3/c1-14(13(10-17)15-8-2-3-9-15)11-4-6-12(7-5-11)16(18)19/h4-7,10,13H,2-3,8-9H2,1H3. The zero-order valence-electron chi connectivity index (χ0n) is 10.9. The van der Waals surface area contributed by atoms with Crippen molar-refractivity contribution in [3.63, 3.8) is 0 Å². The van der Waals surface area contributed by atoms with Gasteiger partial charge >= 0.3 is 0 Å². The molecule has 0 N–H and O–H groups in total. The van der Waals surface area contributed by atoms with Gasteiger partial charge in [0.2, 0.25) is 0 Å². The lowest BCUT2D eigenvalue weighted by Crippen LogP contribution is -2.46. The van der Waals surface area contributed by atoms with E-state index < -0.39 is 4.92 Å². The van der Waals surface area contributed by atoms with Crippen LogP contribution < -0.4 is 4.90 Å². The summed E-state index contributed by atoms with van der Waals surface area (Å²) in [4.78, 5) is 25.4. The predicted molar refractivity (Wildman–Crippen MR) is 72.2 cm³/mol. The highest BCUT2D eigenvalue weighted by Gasteiger charge is 2.25. The van der Waals surface area contributed by atoms with Gasteiger partial charge in [0.1, 0.15) is 6.17 Å². The summed E-state index contributed by atoms with van der Waals surface area (Å²) in [6, 6.07) is 6.25. The van der Waals surface area contributed by atoms with E-state index in [-0.39, 0.29) is 11.9 Å². The van der Waals surface area contributed by atoms with Crippen molar-refractivity contribution in [3.05, 3.63) is 34.4 Å². The Morgan fingerprint density at radius 2 is 1.89 bits per heavy atom. The molecule has 1 aliphatic rings. The molecule has 1 fully saturated rings. The summed E-state index contributed by atoms with van der Waals surface area (Å²) in [7, 11) is 1.83. The second kappa shape index (κ2) is 5.79. The van der Waals surface area contributed by atoms with Crippen molar-refractivity contribution in [1.82, 2.24) is 4.90 Å². The number of anilines is 1. The number of benzene rings is 1. The zero-order valence-corrected chi connectivity index (χ0v) is 10.9. The van der Waals surface area contributed by atoms with Gasteiger partial charge in [0.25, 0.3) is 5.69 Å². The van der Waals surface area contributed by atoms with E-state index in [1.165, 1.54) is 12.1 Å². The molecule has 2 rings (SSSR count). The number of nitro benzene ring substituents is 1. The van der Waals surface area contributed by atoms with Crippen LogP contribution in [0.4, 0.5) is 11.4 Å². The van der Waals surface area contributed by atoms with E-state index >= 15 is 0 Å². The molecule has 1 aromatic carbocycles. The molecule has 0 spiro atoms. The molecule has 1 heterocycles. The Bertz CT molecular complexity index is 455. The molecule has 1 unspecified atom stereocenters. The number of likely N-dealkylation sites (tertiary alicyclic amines) is 1. The molecule has 0 saturated carbocycles. The van der Waals surface area contributed by atoms with Gasteiger partial charge in [-0.15, -0.1) is 0 Å². The Labute approximate surface area is 111 Å². The van der Waals surface area contributed by atoms with Crippen LogP contribution in [0.3, 0.4) is 0 Å².